The van der Waals surface area contributed by atoms with Crippen LogP contribution in [0.4, 0.5) is 0 Å². The molecule has 0 aromatic rings. The van der Waals surface area contributed by atoms with Gasteiger partial charge in [0.1, 0.15) is 0 Å². The molecule has 16 heavy (non-hydrogen) atoms. The van der Waals surface area contributed by atoms with Gasteiger partial charge in [-0.25, -0.2) is 0 Å². The van der Waals surface area contributed by atoms with Gasteiger partial charge in [-0.15, -0.1) is 0 Å². The van der Waals surface area contributed by atoms with E-state index in [0.29, 0.717) is 11.3 Å². The van der Waals surface area contributed by atoms with Gasteiger partial charge in [-0.3, -0.25) is 0 Å². The summed E-state index contributed by atoms with van der Waals surface area (Å²) in [6.45, 7) is 22.4. The molecular formula is C16H28. The normalized spacial score (nSPS) is 32.3. The van der Waals surface area contributed by atoms with Crippen LogP contribution < -0.4 is 0 Å². The van der Waals surface area contributed by atoms with Crippen LogP contribution in [0.5, 0.6) is 0 Å². The Kier molecular flexibility index (Phi) is 3.43. The molecule has 0 amide bonds. The van der Waals surface area contributed by atoms with Gasteiger partial charge >= 0.3 is 0 Å². The van der Waals surface area contributed by atoms with Crippen LogP contribution in [0.15, 0.2) is 24.3 Å². The quantitative estimate of drug-likeness (QED) is 0.557. The van der Waals surface area contributed by atoms with Crippen molar-refractivity contribution in [2.45, 2.75) is 54.4 Å². The molecule has 3 atom stereocenters. The molecule has 0 saturated heterocycles. The first kappa shape index (κ1) is 13.5. The van der Waals surface area contributed by atoms with E-state index in [9.17, 15) is 0 Å². The van der Waals surface area contributed by atoms with E-state index in [4.69, 9.17) is 0 Å². The van der Waals surface area contributed by atoms with Crippen LogP contribution in [0, 0.1) is 22.7 Å². The Morgan fingerprint density at radius 1 is 1.44 bits per heavy atom. The maximum Gasteiger partial charge on any atom is 0.00310 e. The molecule has 1 saturated carbocycles. The lowest BCUT2D eigenvalue weighted by molar-refractivity contribution is 0.153. The Balaban J connectivity index is 3.22. The molecule has 1 aliphatic carbocycles. The molecule has 0 spiro atoms. The summed E-state index contributed by atoms with van der Waals surface area (Å²) in [7, 11) is 0. The van der Waals surface area contributed by atoms with Crippen molar-refractivity contribution in [2.24, 2.45) is 22.7 Å². The summed E-state index contributed by atoms with van der Waals surface area (Å²) < 4.78 is 0. The highest BCUT2D eigenvalue weighted by Crippen LogP contribution is 2.71. The Bertz CT molecular complexity index is 310. The predicted molar refractivity (Wildman–Crippen MR) is 73.4 cm³/mol. The molecular weight excluding hydrogens is 192 g/mol. The van der Waals surface area contributed by atoms with E-state index >= 15 is 0 Å². The van der Waals surface area contributed by atoms with Crippen molar-refractivity contribution in [2.75, 3.05) is 0 Å². The van der Waals surface area contributed by atoms with Crippen LogP contribution in [-0.4, -0.2) is 0 Å². The SMILES string of the molecule is C=C(C)C(C)(C(C)C)C1(C(=C)CC)CC1C. The molecule has 0 radical (unpaired) electrons. The Labute approximate surface area is 102 Å². The van der Waals surface area contributed by atoms with Crippen LogP contribution in [0.3, 0.4) is 0 Å². The van der Waals surface area contributed by atoms with Crippen molar-refractivity contribution >= 4 is 0 Å². The largest absolute Gasteiger partial charge is 0.0995 e. The molecule has 1 rings (SSSR count). The fourth-order valence-electron chi connectivity index (χ4n) is 3.71. The minimum absolute atomic E-state index is 0.208. The first-order valence-corrected chi connectivity index (χ1v) is 6.59. The van der Waals surface area contributed by atoms with Crippen LogP contribution >= 0.6 is 0 Å². The van der Waals surface area contributed by atoms with E-state index in [1.807, 2.05) is 0 Å². The zero-order chi connectivity index (χ0) is 12.7. The van der Waals surface area contributed by atoms with Gasteiger partial charge in [-0.1, -0.05) is 58.9 Å². The zero-order valence-electron chi connectivity index (χ0n) is 12.0. The van der Waals surface area contributed by atoms with Crippen LogP contribution in [0.2, 0.25) is 0 Å². The van der Waals surface area contributed by atoms with Crippen molar-refractivity contribution in [3.8, 4) is 0 Å². The van der Waals surface area contributed by atoms with Crippen LogP contribution in [0.1, 0.15) is 54.4 Å². The minimum atomic E-state index is 0.208. The van der Waals surface area contributed by atoms with Gasteiger partial charge in [0.05, 0.1) is 0 Å². The summed E-state index contributed by atoms with van der Waals surface area (Å²) in [5.74, 6) is 1.39. The molecule has 1 aliphatic rings. The maximum absolute atomic E-state index is 4.35. The smallest absolute Gasteiger partial charge is 0.00310 e. The van der Waals surface area contributed by atoms with E-state index in [1.54, 1.807) is 0 Å². The highest BCUT2D eigenvalue weighted by molar-refractivity contribution is 5.33. The van der Waals surface area contributed by atoms with Gasteiger partial charge in [0.25, 0.3) is 0 Å². The van der Waals surface area contributed by atoms with E-state index in [1.165, 1.54) is 17.6 Å². The second kappa shape index (κ2) is 4.05. The van der Waals surface area contributed by atoms with Crippen LogP contribution in [-0.2, 0) is 0 Å². The molecule has 0 bridgehead atoms. The average molecular weight is 220 g/mol. The first-order valence-electron chi connectivity index (χ1n) is 6.59. The lowest BCUT2D eigenvalue weighted by Crippen LogP contribution is -2.37. The third-order valence-electron chi connectivity index (χ3n) is 5.33. The summed E-state index contributed by atoms with van der Waals surface area (Å²) in [6.07, 6.45) is 2.39. The molecule has 0 heteroatoms. The highest BCUT2D eigenvalue weighted by atomic mass is 14.7. The average Bonchev–Trinajstić information content (AvgIpc) is 2.88. The van der Waals surface area contributed by atoms with E-state index in [-0.39, 0.29) is 5.41 Å². The molecule has 3 unspecified atom stereocenters. The zero-order valence-corrected chi connectivity index (χ0v) is 12.0. The third-order valence-corrected chi connectivity index (χ3v) is 5.33. The third kappa shape index (κ3) is 1.49. The number of hydrogen-bond acceptors (Lipinski definition) is 0. The Morgan fingerprint density at radius 2 is 1.88 bits per heavy atom. The standard InChI is InChI=1S/C16H28/c1-9-13(6)16(10-14(16)7)15(8,11(2)3)12(4)5/h12,14H,2,6,9-10H2,1,3-5,7-8H3. The molecule has 0 nitrogen and oxygen atoms in total. The van der Waals surface area contributed by atoms with E-state index in [0.717, 1.165) is 12.3 Å². The van der Waals surface area contributed by atoms with Gasteiger partial charge in [0.15, 0.2) is 0 Å². The van der Waals surface area contributed by atoms with Crippen LogP contribution in [0.25, 0.3) is 0 Å². The number of allylic oxidation sites excluding steroid dienone is 2. The van der Waals surface area contributed by atoms with Gasteiger partial charge in [0.2, 0.25) is 0 Å². The summed E-state index contributed by atoms with van der Waals surface area (Å²) >= 11 is 0. The van der Waals surface area contributed by atoms with Crippen molar-refractivity contribution < 1.29 is 0 Å². The minimum Gasteiger partial charge on any atom is -0.0995 e. The van der Waals surface area contributed by atoms with E-state index < -0.39 is 0 Å². The fraction of sp³-hybridized carbons (Fsp3) is 0.750. The monoisotopic (exact) mass is 220 g/mol. The first-order chi connectivity index (χ1) is 7.25. The summed E-state index contributed by atoms with van der Waals surface area (Å²) in [4.78, 5) is 0. The van der Waals surface area contributed by atoms with Gasteiger partial charge in [-0.2, -0.15) is 0 Å². The number of rotatable bonds is 5. The lowest BCUT2D eigenvalue weighted by Gasteiger charge is -2.45. The lowest BCUT2D eigenvalue weighted by atomic mass is 9.59. The molecule has 0 aromatic carbocycles. The molecule has 0 N–H and O–H groups in total. The van der Waals surface area contributed by atoms with Gasteiger partial charge in [-0.05, 0) is 37.0 Å². The molecule has 0 heterocycles. The predicted octanol–water partition coefficient (Wildman–Crippen LogP) is 5.22. The molecule has 0 aliphatic heterocycles. The van der Waals surface area contributed by atoms with Crippen molar-refractivity contribution in [1.82, 2.24) is 0 Å². The molecule has 92 valence electrons. The second-order valence-electron chi connectivity index (χ2n) is 6.17. The van der Waals surface area contributed by atoms with Crippen molar-refractivity contribution in [3.05, 3.63) is 24.3 Å². The summed E-state index contributed by atoms with van der Waals surface area (Å²) in [5.41, 5.74) is 3.28. The fourth-order valence-corrected chi connectivity index (χ4v) is 3.71. The molecule has 1 fully saturated rings. The maximum atomic E-state index is 4.35. The van der Waals surface area contributed by atoms with Crippen molar-refractivity contribution in [1.29, 1.82) is 0 Å². The summed E-state index contributed by atoms with van der Waals surface area (Å²) in [5, 5.41) is 0. The number of hydrogen-bond donors (Lipinski definition) is 0. The topological polar surface area (TPSA) is 0 Å². The van der Waals surface area contributed by atoms with E-state index in [2.05, 4.69) is 54.7 Å². The van der Waals surface area contributed by atoms with Crippen molar-refractivity contribution in [3.63, 3.8) is 0 Å². The highest BCUT2D eigenvalue weighted by Gasteiger charge is 2.64. The van der Waals surface area contributed by atoms with Gasteiger partial charge in [0, 0.05) is 5.41 Å². The molecule has 0 aromatic heterocycles. The van der Waals surface area contributed by atoms with Gasteiger partial charge < -0.3 is 0 Å². The Morgan fingerprint density at radius 3 is 2.06 bits per heavy atom. The summed E-state index contributed by atoms with van der Waals surface area (Å²) in [6, 6.07) is 0. The second-order valence-corrected chi connectivity index (χ2v) is 6.17. The Hall–Kier alpha value is -0.520.